The summed E-state index contributed by atoms with van der Waals surface area (Å²) in [5, 5.41) is 11.7. The van der Waals surface area contributed by atoms with Crippen molar-refractivity contribution in [1.29, 1.82) is 0 Å². The summed E-state index contributed by atoms with van der Waals surface area (Å²) in [6.07, 6.45) is -9.29. The SMILES string of the molecule is C=C(O)C(c1cccc(-c2ccc(CN(Cc3ccc(C(F)(F)F)o3)Cc3c(C)ccc4ccccc34)cc2)c1)C(F)(F)F. The molecule has 5 rings (SSSR count). The van der Waals surface area contributed by atoms with Gasteiger partial charge in [0, 0.05) is 13.1 Å². The van der Waals surface area contributed by atoms with E-state index in [0.717, 1.165) is 33.5 Å². The maximum atomic E-state index is 13.6. The Morgan fingerprint density at radius 1 is 0.795 bits per heavy atom. The first-order valence-corrected chi connectivity index (χ1v) is 13.8. The molecular weight excluding hydrogens is 580 g/mol. The molecule has 0 bridgehead atoms. The van der Waals surface area contributed by atoms with E-state index in [2.05, 4.69) is 6.58 Å². The van der Waals surface area contributed by atoms with E-state index < -0.39 is 29.8 Å². The molecule has 44 heavy (non-hydrogen) atoms. The van der Waals surface area contributed by atoms with E-state index in [0.29, 0.717) is 24.2 Å². The van der Waals surface area contributed by atoms with Crippen molar-refractivity contribution in [1.82, 2.24) is 4.90 Å². The first-order chi connectivity index (χ1) is 20.8. The van der Waals surface area contributed by atoms with Gasteiger partial charge in [-0.1, -0.05) is 91.5 Å². The zero-order chi connectivity index (χ0) is 31.6. The van der Waals surface area contributed by atoms with Crippen LogP contribution < -0.4 is 0 Å². The number of fused-ring (bicyclic) bond motifs is 1. The Balaban J connectivity index is 1.43. The molecule has 1 aromatic heterocycles. The predicted molar refractivity (Wildman–Crippen MR) is 158 cm³/mol. The van der Waals surface area contributed by atoms with E-state index in [1.807, 2.05) is 60.4 Å². The number of hydrogen-bond acceptors (Lipinski definition) is 3. The molecule has 5 aromatic rings. The molecule has 0 saturated carbocycles. The number of nitrogens with zero attached hydrogens (tertiary/aromatic N) is 1. The van der Waals surface area contributed by atoms with Gasteiger partial charge in [-0.2, -0.15) is 26.3 Å². The molecule has 0 fully saturated rings. The zero-order valence-electron chi connectivity index (χ0n) is 23.7. The largest absolute Gasteiger partial charge is 0.512 e. The van der Waals surface area contributed by atoms with Crippen LogP contribution in [0.25, 0.3) is 21.9 Å². The maximum absolute atomic E-state index is 13.6. The van der Waals surface area contributed by atoms with E-state index in [-0.39, 0.29) is 17.9 Å². The van der Waals surface area contributed by atoms with Crippen LogP contribution in [-0.2, 0) is 25.8 Å². The summed E-state index contributed by atoms with van der Waals surface area (Å²) in [5.41, 5.74) is 4.01. The highest BCUT2D eigenvalue weighted by Gasteiger charge is 2.43. The molecule has 1 heterocycles. The van der Waals surface area contributed by atoms with Crippen molar-refractivity contribution in [3.63, 3.8) is 0 Å². The van der Waals surface area contributed by atoms with Gasteiger partial charge >= 0.3 is 12.4 Å². The quantitative estimate of drug-likeness (QED) is 0.133. The van der Waals surface area contributed by atoms with E-state index in [4.69, 9.17) is 4.42 Å². The maximum Gasteiger partial charge on any atom is 0.449 e. The molecule has 4 aromatic carbocycles. The molecule has 1 N–H and O–H groups in total. The summed E-state index contributed by atoms with van der Waals surface area (Å²) >= 11 is 0. The van der Waals surface area contributed by atoms with Crippen molar-refractivity contribution in [2.75, 3.05) is 0 Å². The number of halogens is 6. The summed E-state index contributed by atoms with van der Waals surface area (Å²) in [7, 11) is 0. The van der Waals surface area contributed by atoms with Crippen LogP contribution in [0, 0.1) is 6.92 Å². The van der Waals surface area contributed by atoms with E-state index in [9.17, 15) is 31.4 Å². The van der Waals surface area contributed by atoms with Crippen molar-refractivity contribution < 1.29 is 35.9 Å². The van der Waals surface area contributed by atoms with Gasteiger partial charge in [0.05, 0.1) is 6.54 Å². The number of rotatable bonds is 9. The van der Waals surface area contributed by atoms with Crippen LogP contribution >= 0.6 is 0 Å². The number of furan rings is 1. The first kappa shape index (κ1) is 30.9. The van der Waals surface area contributed by atoms with Gasteiger partial charge in [-0.05, 0) is 63.2 Å². The molecule has 0 aliphatic carbocycles. The Morgan fingerprint density at radius 2 is 1.52 bits per heavy atom. The third-order valence-electron chi connectivity index (χ3n) is 7.55. The average molecular weight is 610 g/mol. The minimum absolute atomic E-state index is 0.117. The lowest BCUT2D eigenvalue weighted by Gasteiger charge is -2.24. The van der Waals surface area contributed by atoms with Crippen LogP contribution in [0.4, 0.5) is 26.3 Å². The van der Waals surface area contributed by atoms with Crippen LogP contribution in [0.1, 0.15) is 39.7 Å². The smallest absolute Gasteiger partial charge is 0.449 e. The Hall–Kier alpha value is -4.50. The van der Waals surface area contributed by atoms with Crippen LogP contribution in [-0.4, -0.2) is 16.2 Å². The fraction of sp³-hybridized carbons (Fsp3) is 0.200. The summed E-state index contributed by atoms with van der Waals surface area (Å²) in [6.45, 7) is 6.01. The molecule has 1 unspecified atom stereocenters. The van der Waals surface area contributed by atoms with E-state index in [1.165, 1.54) is 24.3 Å². The highest BCUT2D eigenvalue weighted by Crippen LogP contribution is 2.40. The monoisotopic (exact) mass is 609 g/mol. The van der Waals surface area contributed by atoms with Crippen molar-refractivity contribution in [3.05, 3.63) is 143 Å². The Bertz CT molecular complexity index is 1770. The third-order valence-corrected chi connectivity index (χ3v) is 7.55. The van der Waals surface area contributed by atoms with Gasteiger partial charge < -0.3 is 9.52 Å². The number of aliphatic hydroxyl groups is 1. The molecule has 1 atom stereocenters. The third kappa shape index (κ3) is 7.00. The lowest BCUT2D eigenvalue weighted by atomic mass is 9.93. The number of aliphatic hydroxyl groups excluding tert-OH is 1. The molecule has 0 aliphatic rings. The fourth-order valence-electron chi connectivity index (χ4n) is 5.41. The van der Waals surface area contributed by atoms with Gasteiger partial charge in [0.2, 0.25) is 5.76 Å². The molecular formula is C35H29F6NO2. The topological polar surface area (TPSA) is 36.6 Å². The van der Waals surface area contributed by atoms with Crippen molar-refractivity contribution in [3.8, 4) is 11.1 Å². The summed E-state index contributed by atoms with van der Waals surface area (Å²) in [4.78, 5) is 1.99. The average Bonchev–Trinajstić information content (AvgIpc) is 3.43. The van der Waals surface area contributed by atoms with E-state index in [1.54, 1.807) is 18.2 Å². The second-order valence-corrected chi connectivity index (χ2v) is 10.8. The standard InChI is InChI=1S/C35H29F6NO2/c1-22-10-13-26-6-3-4-9-30(26)31(22)21-42(20-29-16-17-32(44-29)34(36,37)38)19-24-11-14-25(15-12-24)27-7-5-8-28(18-27)33(23(2)43)35(39,40)41/h3-18,33,43H,2,19-21H2,1H3. The van der Waals surface area contributed by atoms with Gasteiger partial charge in [0.25, 0.3) is 0 Å². The minimum atomic E-state index is -4.70. The molecule has 0 amide bonds. The second kappa shape index (κ2) is 12.2. The first-order valence-electron chi connectivity index (χ1n) is 13.8. The summed E-state index contributed by atoms with van der Waals surface area (Å²) in [6, 6.07) is 27.3. The molecule has 3 nitrogen and oxygen atoms in total. The van der Waals surface area contributed by atoms with Crippen molar-refractivity contribution in [2.45, 2.75) is 44.8 Å². The number of hydrogen-bond donors (Lipinski definition) is 1. The zero-order valence-corrected chi connectivity index (χ0v) is 23.7. The Labute approximate surface area is 250 Å². The number of allylic oxidation sites excluding steroid dienone is 1. The van der Waals surface area contributed by atoms with Gasteiger partial charge in [-0.15, -0.1) is 0 Å². The highest BCUT2D eigenvalue weighted by atomic mass is 19.4. The summed E-state index contributed by atoms with van der Waals surface area (Å²) in [5.74, 6) is -4.07. The summed E-state index contributed by atoms with van der Waals surface area (Å²) < 4.78 is 85.5. The van der Waals surface area contributed by atoms with Crippen LogP contribution in [0.15, 0.2) is 114 Å². The predicted octanol–water partition coefficient (Wildman–Crippen LogP) is 10.3. The van der Waals surface area contributed by atoms with Crippen molar-refractivity contribution >= 4 is 10.8 Å². The molecule has 0 saturated heterocycles. The molecule has 228 valence electrons. The number of alkyl halides is 6. The van der Waals surface area contributed by atoms with Gasteiger partial charge in [-0.3, -0.25) is 4.90 Å². The molecule has 0 spiro atoms. The normalized spacial score (nSPS) is 13.0. The van der Waals surface area contributed by atoms with Crippen LogP contribution in [0.3, 0.4) is 0 Å². The second-order valence-electron chi connectivity index (χ2n) is 10.8. The fourth-order valence-corrected chi connectivity index (χ4v) is 5.41. The van der Waals surface area contributed by atoms with Gasteiger partial charge in [0.15, 0.2) is 0 Å². The van der Waals surface area contributed by atoms with Crippen LogP contribution in [0.2, 0.25) is 0 Å². The van der Waals surface area contributed by atoms with Gasteiger partial charge in [-0.25, -0.2) is 0 Å². The molecule has 9 heteroatoms. The highest BCUT2D eigenvalue weighted by molar-refractivity contribution is 5.86. The lowest BCUT2D eigenvalue weighted by molar-refractivity contribution is -0.153. The Morgan fingerprint density at radius 3 is 2.18 bits per heavy atom. The molecule has 0 radical (unpaired) electrons. The molecule has 0 aliphatic heterocycles. The number of aryl methyl sites for hydroxylation is 1. The number of benzene rings is 4. The Kier molecular flexibility index (Phi) is 8.61. The lowest BCUT2D eigenvalue weighted by Crippen LogP contribution is -2.23. The van der Waals surface area contributed by atoms with Crippen molar-refractivity contribution in [2.24, 2.45) is 0 Å². The van der Waals surface area contributed by atoms with Gasteiger partial charge in [0.1, 0.15) is 17.4 Å². The minimum Gasteiger partial charge on any atom is -0.512 e. The van der Waals surface area contributed by atoms with E-state index >= 15 is 0 Å². The van der Waals surface area contributed by atoms with Crippen LogP contribution in [0.5, 0.6) is 0 Å².